The average molecular weight is 2320 g/mol. The molecule has 0 aliphatic rings. The van der Waals surface area contributed by atoms with Gasteiger partial charge in [0.1, 0.15) is 0 Å². The molecular weight excluding hydrogens is 2160 g/mol. The molecule has 4 nitrogen and oxygen atoms in total. The molecule has 17 aromatic carbocycles. The van der Waals surface area contributed by atoms with E-state index >= 15 is 0 Å². The number of benzene rings is 17. The summed E-state index contributed by atoms with van der Waals surface area (Å²) in [5.74, 6) is 0. The summed E-state index contributed by atoms with van der Waals surface area (Å²) in [5.41, 5.74) is 0.555. The molecule has 0 aliphatic heterocycles. The van der Waals surface area contributed by atoms with Crippen LogP contribution in [0, 0.1) is 42.0 Å². The minimum absolute atomic E-state index is 0. The third kappa shape index (κ3) is 46.4. The molecule has 13 heteroatoms. The van der Waals surface area contributed by atoms with Crippen molar-refractivity contribution >= 4 is 191 Å². The normalized spacial score (nSPS) is 8.71. The predicted molar refractivity (Wildman–Crippen MR) is 633 cm³/mol. The van der Waals surface area contributed by atoms with Gasteiger partial charge < -0.3 is 42.0 Å². The summed E-state index contributed by atoms with van der Waals surface area (Å²) in [7, 11) is 0. The van der Waals surface area contributed by atoms with Crippen LogP contribution >= 0.6 is 45.3 Å². The van der Waals surface area contributed by atoms with E-state index in [1.165, 1.54) is 77.5 Å². The van der Waals surface area contributed by atoms with Crippen molar-refractivity contribution in [2.45, 2.75) is 187 Å². The van der Waals surface area contributed by atoms with Gasteiger partial charge in [0.2, 0.25) is 0 Å². The van der Waals surface area contributed by atoms with Crippen LogP contribution in [0.25, 0.3) is 145 Å². The minimum atomic E-state index is 0. The van der Waals surface area contributed by atoms with Gasteiger partial charge >= 0.3 is 0 Å². The molecule has 0 saturated carbocycles. The Hall–Kier alpha value is -6.62. The zero-order valence-electron chi connectivity index (χ0n) is 86.9. The smallest absolute Gasteiger partial charge is 0.195 e. The van der Waals surface area contributed by atoms with E-state index in [0.717, 1.165) is 80.7 Å². The van der Waals surface area contributed by atoms with Gasteiger partial charge in [0.05, 0.1) is 0 Å². The van der Waals surface area contributed by atoms with Gasteiger partial charge in [-0.15, -0.1) is 45.3 Å². The fourth-order valence-electron chi connectivity index (χ4n) is 12.6. The summed E-state index contributed by atoms with van der Waals surface area (Å²) in [6.45, 7) is 61.5. The van der Waals surface area contributed by atoms with Gasteiger partial charge in [-0.3, -0.25) is 19.2 Å². The van der Waals surface area contributed by atoms with Crippen LogP contribution in [-0.2, 0) is 164 Å². The number of hydrogen-bond acceptors (Lipinski definition) is 8. The number of hydrogen-bond donors (Lipinski definition) is 0. The van der Waals surface area contributed by atoms with Crippen LogP contribution in [-0.4, -0.2) is 0 Å². The SMILES string of the molecule is C.C.CC.CC.CC.CC.CC.CC.CC.CCC.CCC.O=c1c2ccccc2sc2ccccc12.O=c1c2ccccc2sc2ccccc12.O=c1c2ccccc2sc2ccccc12.O=c1c2ccccc2sc2ccccc12.[CH2-]C.[CH2-]C.[CH2-]C.[CH2-]C.[CH2-]C.[CH3-].[Y].[Y].[Y].[Y].[Y].c1ccc2cc3ccccc3cc2c1.c1ccc2cc3ccccc3cc2c1.c1ccc2cc3ccccc3cc2c1. The van der Waals surface area contributed by atoms with Crippen LogP contribution in [0.15, 0.2) is 395 Å². The molecule has 4 aromatic heterocycles. The van der Waals surface area contributed by atoms with E-state index in [0.29, 0.717) is 0 Å². The fourth-order valence-corrected chi connectivity index (χ4v) is 16.9. The van der Waals surface area contributed by atoms with E-state index < -0.39 is 0 Å². The first-order valence-corrected chi connectivity index (χ1v) is 50.1. The number of fused-ring (bicyclic) bond motifs is 14. The van der Waals surface area contributed by atoms with Gasteiger partial charge in [-0.2, -0.15) is 34.6 Å². The van der Waals surface area contributed by atoms with Crippen molar-refractivity contribution in [3.05, 3.63) is 459 Å². The maximum Gasteiger partial charge on any atom is 0.195 e. The number of rotatable bonds is 0. The van der Waals surface area contributed by atoms with Gasteiger partial charge in [0.25, 0.3) is 0 Å². The maximum atomic E-state index is 12.1. The Kier molecular flexibility index (Phi) is 98.0. The molecule has 733 valence electrons. The maximum absolute atomic E-state index is 12.1. The van der Waals surface area contributed by atoms with Gasteiger partial charge in [-0.1, -0.05) is 395 Å². The fraction of sp³-hybridized carbons (Fsp3) is 0.213. The van der Waals surface area contributed by atoms with Crippen LogP contribution in [0.5, 0.6) is 0 Å². The van der Waals surface area contributed by atoms with Gasteiger partial charge in [0.15, 0.2) is 21.7 Å². The van der Waals surface area contributed by atoms with E-state index in [1.54, 1.807) is 80.0 Å². The molecule has 0 amide bonds. The Labute approximate surface area is 987 Å². The largest absolute Gasteiger partial charge is 0.358 e. The first kappa shape index (κ1) is 149. The first-order chi connectivity index (χ1) is 65.1. The van der Waals surface area contributed by atoms with Gasteiger partial charge in [-0.25, -0.2) is 0 Å². The molecule has 0 unspecified atom stereocenters. The summed E-state index contributed by atoms with van der Waals surface area (Å²) in [4.78, 5) is 48.4. The van der Waals surface area contributed by atoms with Gasteiger partial charge in [-0.05, 0) is 198 Å². The molecule has 0 atom stereocenters. The quantitative estimate of drug-likeness (QED) is 0.112. The molecule has 0 aliphatic carbocycles. The van der Waals surface area contributed by atoms with E-state index in [2.05, 4.69) is 244 Å². The Morgan fingerprint density at radius 2 is 0.236 bits per heavy atom. The molecule has 0 saturated heterocycles. The molecule has 21 rings (SSSR count). The molecule has 140 heavy (non-hydrogen) atoms. The molecule has 21 aromatic rings. The Balaban J connectivity index is -0.000000229. The van der Waals surface area contributed by atoms with E-state index in [9.17, 15) is 19.2 Å². The zero-order valence-corrected chi connectivity index (χ0v) is 104. The first-order valence-electron chi connectivity index (χ1n) is 46.9. The van der Waals surface area contributed by atoms with Crippen LogP contribution in [0.2, 0.25) is 0 Å². The van der Waals surface area contributed by atoms with Crippen molar-refractivity contribution in [2.24, 2.45) is 0 Å². The van der Waals surface area contributed by atoms with Crippen molar-refractivity contribution in [1.29, 1.82) is 0 Å². The van der Waals surface area contributed by atoms with Gasteiger partial charge in [0, 0.05) is 244 Å². The Morgan fingerprint density at radius 3 is 0.321 bits per heavy atom. The third-order valence-corrected chi connectivity index (χ3v) is 22.4. The summed E-state index contributed by atoms with van der Waals surface area (Å²) < 4.78 is 8.45. The third-order valence-electron chi connectivity index (χ3n) is 17.8. The average Bonchev–Trinajstić information content (AvgIpc) is 0.787. The molecular formula is C127H156O4S4Y5-6. The monoisotopic (exact) mass is 2320 g/mol. The van der Waals surface area contributed by atoms with Crippen molar-refractivity contribution in [2.75, 3.05) is 0 Å². The standard InChI is InChI=1S/3C14H10.4C13H8OS.2C3H8.7C2H6.5C2H5.2CH4.CH3.5Y/c3*1-2-6-12-10-14-8-4-3-7-13(14)9-11(12)5-1;4*14-13-9-5-1-3-7-11(9)15-12-8-4-2-6-10(12)13;2*1-3-2;12*1-2;;;;;;;;/h3*1-10H;4*1-8H;2*3H2,1-2H3;7*1-2H3;5*1H2,2H3;2*1H4;1H3;;;;;/q;;;;;;;;;;;;;;;;5*-1;;;-1;;;;;. The molecule has 0 N–H and O–H groups in total. The van der Waals surface area contributed by atoms with Crippen molar-refractivity contribution in [3.63, 3.8) is 0 Å². The molecule has 5 radical (unpaired) electrons. The minimum Gasteiger partial charge on any atom is -0.358 e. The van der Waals surface area contributed by atoms with Crippen LogP contribution in [0.3, 0.4) is 0 Å². The van der Waals surface area contributed by atoms with E-state index in [-0.39, 0.29) is 208 Å². The Morgan fingerprint density at radius 1 is 0.164 bits per heavy atom. The summed E-state index contributed by atoms with van der Waals surface area (Å²) in [6.07, 6.45) is 2.50. The van der Waals surface area contributed by atoms with Crippen LogP contribution in [0.4, 0.5) is 0 Å². The molecule has 0 bridgehead atoms. The van der Waals surface area contributed by atoms with Crippen LogP contribution in [0.1, 0.15) is 187 Å². The summed E-state index contributed by atoms with van der Waals surface area (Å²) >= 11 is 6.66. The summed E-state index contributed by atoms with van der Waals surface area (Å²) in [5, 5.41) is 22.3. The van der Waals surface area contributed by atoms with E-state index in [1.807, 2.05) is 291 Å². The van der Waals surface area contributed by atoms with Crippen molar-refractivity contribution < 1.29 is 164 Å². The van der Waals surface area contributed by atoms with E-state index in [4.69, 9.17) is 0 Å². The molecule has 0 fully saturated rings. The van der Waals surface area contributed by atoms with Crippen molar-refractivity contribution in [1.82, 2.24) is 0 Å². The second-order valence-corrected chi connectivity index (χ2v) is 30.1. The zero-order chi connectivity index (χ0) is 98.6. The second kappa shape index (κ2) is 92.3. The topological polar surface area (TPSA) is 68.3 Å². The second-order valence-electron chi connectivity index (χ2n) is 25.7. The summed E-state index contributed by atoms with van der Waals surface area (Å²) in [6, 6.07) is 126. The Bertz CT molecular complexity index is 5680. The molecule has 4 heterocycles. The molecule has 0 spiro atoms. The predicted octanol–water partition coefficient (Wildman–Crippen LogP) is 41.6. The van der Waals surface area contributed by atoms with Crippen LogP contribution < -0.4 is 21.7 Å². The van der Waals surface area contributed by atoms with Crippen molar-refractivity contribution in [3.8, 4) is 0 Å².